The van der Waals surface area contributed by atoms with Gasteiger partial charge in [-0.2, -0.15) is 5.10 Å². The Hall–Kier alpha value is -1.89. The monoisotopic (exact) mass is 280 g/mol. The topological polar surface area (TPSA) is 90.4 Å². The molecule has 7 nitrogen and oxygen atoms in total. The highest BCUT2D eigenvalue weighted by molar-refractivity contribution is 5.83. The second-order valence-electron chi connectivity index (χ2n) is 5.05. The first-order valence-corrected chi connectivity index (χ1v) is 6.63. The van der Waals surface area contributed by atoms with E-state index < -0.39 is 6.04 Å². The molecule has 2 N–H and O–H groups in total. The van der Waals surface area contributed by atoms with Crippen LogP contribution in [0.5, 0.6) is 0 Å². The molecule has 0 aromatic carbocycles. The zero-order valence-corrected chi connectivity index (χ0v) is 11.8. The number of hydrogen-bond donors (Lipinski definition) is 1. The van der Waals surface area contributed by atoms with Crippen LogP contribution in [0, 0.1) is 5.92 Å². The molecule has 2 heterocycles. The van der Waals surface area contributed by atoms with Crippen molar-refractivity contribution < 1.29 is 14.3 Å². The minimum atomic E-state index is -0.696. The van der Waals surface area contributed by atoms with Crippen molar-refractivity contribution in [2.24, 2.45) is 18.7 Å². The summed E-state index contributed by atoms with van der Waals surface area (Å²) in [6.45, 7) is 1.07. The van der Waals surface area contributed by atoms with Gasteiger partial charge in [0, 0.05) is 31.9 Å². The molecule has 1 atom stereocenters. The number of nitrogens with zero attached hydrogens (tertiary/aromatic N) is 3. The van der Waals surface area contributed by atoms with E-state index in [9.17, 15) is 9.59 Å². The molecule has 1 fully saturated rings. The van der Waals surface area contributed by atoms with Crippen molar-refractivity contribution in [2.45, 2.75) is 18.9 Å². The predicted molar refractivity (Wildman–Crippen MR) is 71.5 cm³/mol. The Morgan fingerprint density at radius 3 is 2.60 bits per heavy atom. The van der Waals surface area contributed by atoms with E-state index >= 15 is 0 Å². The van der Waals surface area contributed by atoms with Crippen LogP contribution in [0.2, 0.25) is 0 Å². The summed E-state index contributed by atoms with van der Waals surface area (Å²) >= 11 is 0. The Bertz CT molecular complexity index is 492. The number of piperidine rings is 1. The lowest BCUT2D eigenvalue weighted by Crippen LogP contribution is -2.44. The molecule has 20 heavy (non-hydrogen) atoms. The minimum Gasteiger partial charge on any atom is -0.469 e. The number of methoxy groups -OCH3 is 1. The van der Waals surface area contributed by atoms with Gasteiger partial charge in [-0.3, -0.25) is 14.3 Å². The van der Waals surface area contributed by atoms with E-state index in [1.54, 1.807) is 29.0 Å². The summed E-state index contributed by atoms with van der Waals surface area (Å²) in [6.07, 6.45) is 4.59. The van der Waals surface area contributed by atoms with Gasteiger partial charge >= 0.3 is 5.97 Å². The average Bonchev–Trinajstić information content (AvgIpc) is 2.91. The highest BCUT2D eigenvalue weighted by Gasteiger charge is 2.30. The first kappa shape index (κ1) is 14.5. The Balaban J connectivity index is 1.93. The fraction of sp³-hybridized carbons (Fsp3) is 0.615. The number of likely N-dealkylation sites (tertiary alicyclic amines) is 1. The van der Waals surface area contributed by atoms with Gasteiger partial charge in [-0.25, -0.2) is 0 Å². The van der Waals surface area contributed by atoms with Crippen LogP contribution in [0.15, 0.2) is 12.4 Å². The van der Waals surface area contributed by atoms with Gasteiger partial charge in [0.25, 0.3) is 0 Å². The van der Waals surface area contributed by atoms with Crippen LogP contribution < -0.4 is 5.73 Å². The number of aryl methyl sites for hydroxylation is 1. The first-order chi connectivity index (χ1) is 9.52. The lowest BCUT2D eigenvalue weighted by molar-refractivity contribution is -0.149. The van der Waals surface area contributed by atoms with E-state index in [2.05, 4.69) is 5.10 Å². The smallest absolute Gasteiger partial charge is 0.308 e. The Morgan fingerprint density at radius 2 is 2.10 bits per heavy atom. The number of rotatable bonds is 3. The number of hydrogen-bond acceptors (Lipinski definition) is 5. The van der Waals surface area contributed by atoms with Crippen molar-refractivity contribution in [1.82, 2.24) is 14.7 Å². The van der Waals surface area contributed by atoms with Gasteiger partial charge in [-0.05, 0) is 12.8 Å². The molecule has 1 amide bonds. The zero-order valence-electron chi connectivity index (χ0n) is 11.8. The quantitative estimate of drug-likeness (QED) is 0.776. The van der Waals surface area contributed by atoms with Gasteiger partial charge < -0.3 is 15.4 Å². The number of esters is 1. The number of nitrogens with two attached hydrogens (primary N) is 1. The molecule has 0 radical (unpaired) electrons. The normalized spacial score (nSPS) is 17.9. The molecular weight excluding hydrogens is 260 g/mol. The highest BCUT2D eigenvalue weighted by atomic mass is 16.5. The van der Waals surface area contributed by atoms with Crippen LogP contribution >= 0.6 is 0 Å². The molecule has 2 rings (SSSR count). The fourth-order valence-corrected chi connectivity index (χ4v) is 2.44. The summed E-state index contributed by atoms with van der Waals surface area (Å²) < 4.78 is 6.34. The third kappa shape index (κ3) is 2.98. The van der Waals surface area contributed by atoms with Crippen molar-refractivity contribution in [3.05, 3.63) is 18.0 Å². The number of carbonyl (C=O) groups is 2. The maximum atomic E-state index is 12.3. The SMILES string of the molecule is COC(=O)C1CCN(C(=O)C(N)c2cnn(C)c2)CC1. The van der Waals surface area contributed by atoms with Crippen molar-refractivity contribution in [1.29, 1.82) is 0 Å². The Labute approximate surface area is 117 Å². The van der Waals surface area contributed by atoms with E-state index in [1.165, 1.54) is 7.11 Å². The van der Waals surface area contributed by atoms with Gasteiger partial charge in [0.05, 0.1) is 19.2 Å². The molecule has 1 aliphatic rings. The van der Waals surface area contributed by atoms with E-state index in [0.717, 1.165) is 0 Å². The van der Waals surface area contributed by atoms with Gasteiger partial charge in [0.2, 0.25) is 5.91 Å². The minimum absolute atomic E-state index is 0.112. The lowest BCUT2D eigenvalue weighted by Gasteiger charge is -2.32. The van der Waals surface area contributed by atoms with Gasteiger partial charge in [0.1, 0.15) is 6.04 Å². The predicted octanol–water partition coefficient (Wildman–Crippen LogP) is -0.168. The number of carbonyl (C=O) groups excluding carboxylic acids is 2. The van der Waals surface area contributed by atoms with E-state index in [4.69, 9.17) is 10.5 Å². The molecule has 1 saturated heterocycles. The highest BCUT2D eigenvalue weighted by Crippen LogP contribution is 2.21. The van der Waals surface area contributed by atoms with Gasteiger partial charge in [-0.1, -0.05) is 0 Å². The summed E-state index contributed by atoms with van der Waals surface area (Å²) in [5.74, 6) is -0.436. The van der Waals surface area contributed by atoms with Gasteiger partial charge in [0.15, 0.2) is 0 Å². The first-order valence-electron chi connectivity index (χ1n) is 6.63. The van der Waals surface area contributed by atoms with Crippen LogP contribution in [-0.2, 0) is 21.4 Å². The summed E-state index contributed by atoms with van der Waals surface area (Å²) in [6, 6.07) is -0.696. The number of amides is 1. The summed E-state index contributed by atoms with van der Waals surface area (Å²) in [5.41, 5.74) is 6.67. The molecule has 1 aliphatic heterocycles. The second-order valence-corrected chi connectivity index (χ2v) is 5.05. The van der Waals surface area contributed by atoms with Crippen molar-refractivity contribution in [3.63, 3.8) is 0 Å². The molecule has 110 valence electrons. The molecule has 1 unspecified atom stereocenters. The Morgan fingerprint density at radius 1 is 1.45 bits per heavy atom. The molecule has 1 aromatic heterocycles. The number of aromatic nitrogens is 2. The molecule has 0 bridgehead atoms. The van der Waals surface area contributed by atoms with E-state index in [1.807, 2.05) is 0 Å². The molecule has 0 aliphatic carbocycles. The van der Waals surface area contributed by atoms with Gasteiger partial charge in [-0.15, -0.1) is 0 Å². The third-order valence-electron chi connectivity index (χ3n) is 3.69. The fourth-order valence-electron chi connectivity index (χ4n) is 2.44. The number of ether oxygens (including phenoxy) is 1. The zero-order chi connectivity index (χ0) is 14.7. The molecule has 7 heteroatoms. The van der Waals surface area contributed by atoms with Crippen LogP contribution in [-0.4, -0.2) is 46.8 Å². The van der Waals surface area contributed by atoms with Crippen molar-refractivity contribution in [3.8, 4) is 0 Å². The standard InChI is InChI=1S/C13H20N4O3/c1-16-8-10(7-15-16)11(14)12(18)17-5-3-9(4-6-17)13(19)20-2/h7-9,11H,3-6,14H2,1-2H3. The van der Waals surface area contributed by atoms with Crippen molar-refractivity contribution >= 4 is 11.9 Å². The van der Waals surface area contributed by atoms with E-state index in [0.29, 0.717) is 31.5 Å². The van der Waals surface area contributed by atoms with Crippen LogP contribution in [0.1, 0.15) is 24.4 Å². The third-order valence-corrected chi connectivity index (χ3v) is 3.69. The second kappa shape index (κ2) is 6.04. The molecule has 0 spiro atoms. The average molecular weight is 280 g/mol. The largest absolute Gasteiger partial charge is 0.469 e. The van der Waals surface area contributed by atoms with Crippen LogP contribution in [0.25, 0.3) is 0 Å². The maximum absolute atomic E-state index is 12.3. The maximum Gasteiger partial charge on any atom is 0.308 e. The molecule has 1 aromatic rings. The van der Waals surface area contributed by atoms with Crippen molar-refractivity contribution in [2.75, 3.05) is 20.2 Å². The summed E-state index contributed by atoms with van der Waals surface area (Å²) in [7, 11) is 3.17. The molecule has 0 saturated carbocycles. The van der Waals surface area contributed by atoms with Crippen LogP contribution in [0.4, 0.5) is 0 Å². The lowest BCUT2D eigenvalue weighted by atomic mass is 9.96. The Kier molecular flexibility index (Phi) is 4.39. The molecular formula is C13H20N4O3. The summed E-state index contributed by atoms with van der Waals surface area (Å²) in [5, 5.41) is 4.02. The summed E-state index contributed by atoms with van der Waals surface area (Å²) in [4.78, 5) is 25.4. The van der Waals surface area contributed by atoms with Crippen LogP contribution in [0.3, 0.4) is 0 Å². The van der Waals surface area contributed by atoms with E-state index in [-0.39, 0.29) is 17.8 Å².